The zero-order valence-electron chi connectivity index (χ0n) is 27.1. The summed E-state index contributed by atoms with van der Waals surface area (Å²) in [7, 11) is 0. The molecule has 0 aliphatic carbocycles. The molecule has 1 heterocycles. The van der Waals surface area contributed by atoms with Gasteiger partial charge in [0, 0.05) is 24.1 Å². The third-order valence-electron chi connectivity index (χ3n) is 8.33. The lowest BCUT2D eigenvalue weighted by atomic mass is 9.82. The van der Waals surface area contributed by atoms with Crippen molar-refractivity contribution in [2.24, 2.45) is 10.8 Å². The normalized spacial score (nSPS) is 18.0. The summed E-state index contributed by atoms with van der Waals surface area (Å²) < 4.78 is 18.8. The van der Waals surface area contributed by atoms with Gasteiger partial charge in [-0.05, 0) is 88.3 Å². The van der Waals surface area contributed by atoms with Crippen molar-refractivity contribution in [3.8, 4) is 28.7 Å². The van der Waals surface area contributed by atoms with Gasteiger partial charge in [-0.25, -0.2) is 0 Å². The Morgan fingerprint density at radius 2 is 1.46 bits per heavy atom. The number of hydrogen-bond donors (Lipinski definition) is 3. The smallest absolute Gasteiger partial charge is 0.161 e. The highest BCUT2D eigenvalue weighted by Crippen LogP contribution is 2.44. The summed E-state index contributed by atoms with van der Waals surface area (Å²) in [5, 5.41) is 32.6. The molecule has 0 saturated heterocycles. The van der Waals surface area contributed by atoms with Crippen LogP contribution < -0.4 is 14.2 Å². The van der Waals surface area contributed by atoms with Crippen LogP contribution in [-0.2, 0) is 6.42 Å². The van der Waals surface area contributed by atoms with Crippen LogP contribution in [0, 0.1) is 10.8 Å². The third kappa shape index (κ3) is 9.46. The quantitative estimate of drug-likeness (QED) is 0.236. The van der Waals surface area contributed by atoms with Crippen molar-refractivity contribution < 1.29 is 29.5 Å². The highest BCUT2D eigenvalue weighted by molar-refractivity contribution is 5.52. The Morgan fingerprint density at radius 1 is 0.805 bits per heavy atom. The number of fused-ring (bicyclic) bond motifs is 1. The highest BCUT2D eigenvalue weighted by atomic mass is 16.5. The van der Waals surface area contributed by atoms with Crippen molar-refractivity contribution in [2.45, 2.75) is 138 Å². The van der Waals surface area contributed by atoms with E-state index in [0.717, 1.165) is 38.5 Å². The van der Waals surface area contributed by atoms with Crippen LogP contribution in [0.25, 0.3) is 0 Å². The zero-order chi connectivity index (χ0) is 30.8. The standard InChI is InChI=1S/C35H54O6/c1-11-33(5,6)17-18-35(9,10)40-24-20-26(36)25-22-28(38)31(39-30(25)21-24)23-13-14-29(27(37)19-23)41-34(7,8)16-12-15-32(2,3)4/h13-14,19-21,28,31,36-38H,11-12,15-18,22H2,1-10H3/t28-,31-/m1/s1. The molecule has 3 rings (SSSR count). The Labute approximate surface area is 248 Å². The lowest BCUT2D eigenvalue weighted by Gasteiger charge is -2.34. The van der Waals surface area contributed by atoms with E-state index in [0.29, 0.717) is 28.4 Å². The predicted octanol–water partition coefficient (Wildman–Crippen LogP) is 8.88. The summed E-state index contributed by atoms with van der Waals surface area (Å²) in [5.74, 6) is 1.45. The van der Waals surface area contributed by atoms with E-state index in [-0.39, 0.29) is 28.7 Å². The molecule has 230 valence electrons. The summed E-state index contributed by atoms with van der Waals surface area (Å²) in [4.78, 5) is 0. The number of rotatable bonds is 12. The first kappa shape index (κ1) is 32.9. The number of phenolic OH excluding ortho intramolecular Hbond substituents is 2. The molecule has 2 aromatic carbocycles. The fourth-order valence-corrected chi connectivity index (χ4v) is 5.17. The summed E-state index contributed by atoms with van der Waals surface area (Å²) >= 11 is 0. The average Bonchev–Trinajstić information content (AvgIpc) is 2.83. The summed E-state index contributed by atoms with van der Waals surface area (Å²) in [6.07, 6.45) is 4.60. The minimum atomic E-state index is -0.895. The van der Waals surface area contributed by atoms with E-state index < -0.39 is 23.4 Å². The second kappa shape index (κ2) is 12.3. The van der Waals surface area contributed by atoms with Crippen molar-refractivity contribution in [1.29, 1.82) is 0 Å². The molecule has 6 heteroatoms. The van der Waals surface area contributed by atoms with E-state index in [9.17, 15) is 15.3 Å². The fourth-order valence-electron chi connectivity index (χ4n) is 5.17. The van der Waals surface area contributed by atoms with Gasteiger partial charge in [-0.15, -0.1) is 0 Å². The lowest BCUT2D eigenvalue weighted by molar-refractivity contribution is 0.0188. The first-order valence-corrected chi connectivity index (χ1v) is 15.2. The average molecular weight is 571 g/mol. The molecule has 2 atom stereocenters. The van der Waals surface area contributed by atoms with Gasteiger partial charge in [0.2, 0.25) is 0 Å². The maximum absolute atomic E-state index is 10.9. The molecule has 3 N–H and O–H groups in total. The largest absolute Gasteiger partial charge is 0.507 e. The molecule has 0 bridgehead atoms. The first-order valence-electron chi connectivity index (χ1n) is 15.2. The number of ether oxygens (including phenoxy) is 3. The molecular formula is C35H54O6. The van der Waals surface area contributed by atoms with Crippen molar-refractivity contribution >= 4 is 0 Å². The van der Waals surface area contributed by atoms with Gasteiger partial charge < -0.3 is 29.5 Å². The van der Waals surface area contributed by atoms with Gasteiger partial charge in [0.25, 0.3) is 0 Å². The van der Waals surface area contributed by atoms with E-state index in [1.54, 1.807) is 24.3 Å². The number of benzene rings is 2. The van der Waals surface area contributed by atoms with Crippen LogP contribution in [0.2, 0.25) is 0 Å². The second-order valence-corrected chi connectivity index (χ2v) is 15.1. The van der Waals surface area contributed by atoms with E-state index in [4.69, 9.17) is 14.2 Å². The minimum Gasteiger partial charge on any atom is -0.507 e. The fraction of sp³-hybridized carbons (Fsp3) is 0.657. The Morgan fingerprint density at radius 3 is 2.07 bits per heavy atom. The van der Waals surface area contributed by atoms with Crippen LogP contribution in [0.5, 0.6) is 28.7 Å². The number of hydrogen-bond acceptors (Lipinski definition) is 6. The topological polar surface area (TPSA) is 88.4 Å². The van der Waals surface area contributed by atoms with Crippen LogP contribution >= 0.6 is 0 Å². The molecule has 0 unspecified atom stereocenters. The molecule has 0 radical (unpaired) electrons. The van der Waals surface area contributed by atoms with Crippen molar-refractivity contribution in [3.05, 3.63) is 41.5 Å². The SMILES string of the molecule is CCC(C)(C)CCC(C)(C)Oc1cc(O)c2c(c1)O[C@H](c1ccc(OC(C)(C)CCCC(C)(C)C)c(O)c1)[C@H](O)C2. The maximum Gasteiger partial charge on any atom is 0.161 e. The Balaban J connectivity index is 1.74. The predicted molar refractivity (Wildman–Crippen MR) is 165 cm³/mol. The van der Waals surface area contributed by atoms with Gasteiger partial charge in [0.05, 0.1) is 6.10 Å². The molecule has 2 aromatic rings. The van der Waals surface area contributed by atoms with Gasteiger partial charge in [0.15, 0.2) is 11.5 Å². The minimum absolute atomic E-state index is 0.00433. The van der Waals surface area contributed by atoms with Gasteiger partial charge in [-0.1, -0.05) is 54.0 Å². The molecule has 0 fully saturated rings. The van der Waals surface area contributed by atoms with Gasteiger partial charge in [-0.2, -0.15) is 0 Å². The molecule has 6 nitrogen and oxygen atoms in total. The third-order valence-corrected chi connectivity index (χ3v) is 8.33. The van der Waals surface area contributed by atoms with Crippen LogP contribution in [-0.4, -0.2) is 32.6 Å². The van der Waals surface area contributed by atoms with E-state index in [1.807, 2.05) is 19.9 Å². The highest BCUT2D eigenvalue weighted by Gasteiger charge is 2.34. The second-order valence-electron chi connectivity index (χ2n) is 15.1. The summed E-state index contributed by atoms with van der Waals surface area (Å²) in [5.41, 5.74) is 0.823. The van der Waals surface area contributed by atoms with Crippen molar-refractivity contribution in [2.75, 3.05) is 0 Å². The lowest BCUT2D eigenvalue weighted by Crippen LogP contribution is -2.32. The molecule has 0 saturated carbocycles. The Kier molecular flexibility index (Phi) is 9.90. The van der Waals surface area contributed by atoms with Crippen LogP contribution in [0.3, 0.4) is 0 Å². The number of aromatic hydroxyl groups is 2. The zero-order valence-corrected chi connectivity index (χ0v) is 27.1. The number of aliphatic hydroxyl groups excluding tert-OH is 1. The van der Waals surface area contributed by atoms with Crippen LogP contribution in [0.4, 0.5) is 0 Å². The van der Waals surface area contributed by atoms with E-state index >= 15 is 0 Å². The molecule has 0 spiro atoms. The van der Waals surface area contributed by atoms with Gasteiger partial charge >= 0.3 is 0 Å². The van der Waals surface area contributed by atoms with Crippen molar-refractivity contribution in [3.63, 3.8) is 0 Å². The van der Waals surface area contributed by atoms with Crippen LogP contribution in [0.1, 0.15) is 125 Å². The maximum atomic E-state index is 10.9. The molecule has 1 aliphatic rings. The molecular weight excluding hydrogens is 516 g/mol. The Bertz CT molecular complexity index is 1170. The molecule has 0 amide bonds. The summed E-state index contributed by atoms with van der Waals surface area (Å²) in [6.45, 7) is 21.6. The van der Waals surface area contributed by atoms with Crippen molar-refractivity contribution in [1.82, 2.24) is 0 Å². The number of phenols is 2. The number of aliphatic hydroxyl groups is 1. The molecule has 41 heavy (non-hydrogen) atoms. The Hall–Kier alpha value is -2.60. The first-order chi connectivity index (χ1) is 18.8. The van der Waals surface area contributed by atoms with Crippen LogP contribution in [0.15, 0.2) is 30.3 Å². The summed E-state index contributed by atoms with van der Waals surface area (Å²) in [6, 6.07) is 8.54. The van der Waals surface area contributed by atoms with Gasteiger partial charge in [0.1, 0.15) is 34.6 Å². The molecule has 0 aromatic heterocycles. The van der Waals surface area contributed by atoms with Gasteiger partial charge in [-0.3, -0.25) is 0 Å². The monoisotopic (exact) mass is 570 g/mol. The van der Waals surface area contributed by atoms with E-state index in [2.05, 4.69) is 55.4 Å². The van der Waals surface area contributed by atoms with E-state index in [1.165, 1.54) is 0 Å². The molecule has 1 aliphatic heterocycles.